The van der Waals surface area contributed by atoms with Gasteiger partial charge in [0.1, 0.15) is 0 Å². The zero-order chi connectivity index (χ0) is 25.9. The molecule has 0 bridgehead atoms. The Hall–Kier alpha value is -3.71. The largest absolute Gasteiger partial charge is 0.463 e. The van der Waals surface area contributed by atoms with Gasteiger partial charge in [0.05, 0.1) is 23.2 Å². The normalized spacial score (nSPS) is 17.2. The number of esters is 1. The zero-order valence-corrected chi connectivity index (χ0v) is 21.4. The van der Waals surface area contributed by atoms with E-state index in [9.17, 15) is 18.0 Å². The third kappa shape index (κ3) is 4.97. The van der Waals surface area contributed by atoms with Gasteiger partial charge >= 0.3 is 5.97 Å². The second kappa shape index (κ2) is 10.5. The molecule has 0 N–H and O–H groups in total. The third-order valence-electron chi connectivity index (χ3n) is 6.40. The van der Waals surface area contributed by atoms with Crippen LogP contribution in [0.15, 0.2) is 89.8 Å². The Morgan fingerprint density at radius 2 is 1.61 bits per heavy atom. The van der Waals surface area contributed by atoms with Crippen LogP contribution in [0.25, 0.3) is 0 Å². The summed E-state index contributed by atoms with van der Waals surface area (Å²) < 4.78 is 34.2. The van der Waals surface area contributed by atoms with Crippen molar-refractivity contribution in [2.75, 3.05) is 10.9 Å². The van der Waals surface area contributed by atoms with Gasteiger partial charge in [-0.3, -0.25) is 9.10 Å². The maximum atomic E-state index is 13.9. The van der Waals surface area contributed by atoms with Crippen LogP contribution in [-0.4, -0.2) is 32.8 Å². The van der Waals surface area contributed by atoms with Crippen LogP contribution in [0.2, 0.25) is 0 Å². The van der Waals surface area contributed by atoms with Gasteiger partial charge in [-0.15, -0.1) is 0 Å². The summed E-state index contributed by atoms with van der Waals surface area (Å²) in [6, 6.07) is 20.4. The number of aryl methyl sites for hydroxylation is 2. The highest BCUT2D eigenvalue weighted by atomic mass is 32.2. The Labute approximate surface area is 212 Å². The summed E-state index contributed by atoms with van der Waals surface area (Å²) >= 11 is 0. The van der Waals surface area contributed by atoms with E-state index in [2.05, 4.69) is 0 Å². The van der Waals surface area contributed by atoms with Crippen LogP contribution >= 0.6 is 0 Å². The van der Waals surface area contributed by atoms with Crippen LogP contribution in [0, 0.1) is 13.8 Å². The van der Waals surface area contributed by atoms with Crippen molar-refractivity contribution in [2.24, 2.45) is 0 Å². The molecule has 0 amide bonds. The molecule has 1 aliphatic heterocycles. The highest BCUT2D eigenvalue weighted by Gasteiger charge is 2.44. The van der Waals surface area contributed by atoms with Gasteiger partial charge in [-0.05, 0) is 50.1 Å². The molecular formula is C29H29NO5S. The number of hydrogen-bond donors (Lipinski definition) is 0. The molecular weight excluding hydrogens is 474 g/mol. The maximum Gasteiger partial charge on any atom is 0.330 e. The second-order valence-corrected chi connectivity index (χ2v) is 10.6. The Kier molecular flexibility index (Phi) is 7.40. The molecule has 0 radical (unpaired) electrons. The Balaban J connectivity index is 1.82. The monoisotopic (exact) mass is 503 g/mol. The molecule has 186 valence electrons. The first kappa shape index (κ1) is 25.4. The predicted molar refractivity (Wildman–Crippen MR) is 140 cm³/mol. The predicted octanol–water partition coefficient (Wildman–Crippen LogP) is 5.36. The minimum Gasteiger partial charge on any atom is -0.463 e. The standard InChI is InChI=1S/C29H29NO5S/c1-4-35-29(32)18-17-27-25(19-28(31)23-10-6-5-9-21(23)3)24-11-7-8-12-26(24)30(27)36(33,34)22-15-13-20(2)14-16-22/h5-18,25,27H,4,19H2,1-3H3/b18-17+/t25-,27+/m1/s1. The number of rotatable bonds is 8. The summed E-state index contributed by atoms with van der Waals surface area (Å²) in [5, 5.41) is 0. The van der Waals surface area contributed by atoms with Crippen LogP contribution < -0.4 is 4.31 Å². The molecule has 0 saturated heterocycles. The number of fused-ring (bicyclic) bond motifs is 1. The minimum atomic E-state index is -4.00. The van der Waals surface area contributed by atoms with Gasteiger partial charge < -0.3 is 4.74 Å². The summed E-state index contributed by atoms with van der Waals surface area (Å²) in [5.74, 6) is -1.14. The van der Waals surface area contributed by atoms with Crippen molar-refractivity contribution < 1.29 is 22.7 Å². The van der Waals surface area contributed by atoms with Crippen molar-refractivity contribution in [1.29, 1.82) is 0 Å². The van der Waals surface area contributed by atoms with E-state index < -0.39 is 28.0 Å². The van der Waals surface area contributed by atoms with E-state index in [1.54, 1.807) is 55.5 Å². The van der Waals surface area contributed by atoms with E-state index in [0.29, 0.717) is 11.3 Å². The van der Waals surface area contributed by atoms with Crippen molar-refractivity contribution in [3.8, 4) is 0 Å². The quantitative estimate of drug-likeness (QED) is 0.235. The topological polar surface area (TPSA) is 80.8 Å². The molecule has 0 aliphatic carbocycles. The molecule has 7 heteroatoms. The lowest BCUT2D eigenvalue weighted by Gasteiger charge is -2.27. The van der Waals surface area contributed by atoms with E-state index in [-0.39, 0.29) is 23.7 Å². The van der Waals surface area contributed by atoms with E-state index in [0.717, 1.165) is 16.7 Å². The van der Waals surface area contributed by atoms with Crippen molar-refractivity contribution in [2.45, 2.75) is 44.0 Å². The molecule has 0 fully saturated rings. The van der Waals surface area contributed by atoms with Crippen LogP contribution in [0.5, 0.6) is 0 Å². The van der Waals surface area contributed by atoms with Gasteiger partial charge in [0.2, 0.25) is 0 Å². The number of benzene rings is 3. The smallest absolute Gasteiger partial charge is 0.330 e. The molecule has 1 heterocycles. The SMILES string of the molecule is CCOC(=O)/C=C/[C@H]1[C@H](CC(=O)c2ccccc2C)c2ccccc2N1S(=O)(=O)c1ccc(C)cc1. The summed E-state index contributed by atoms with van der Waals surface area (Å²) in [4.78, 5) is 25.7. The van der Waals surface area contributed by atoms with Crippen LogP contribution in [-0.2, 0) is 19.6 Å². The first-order valence-electron chi connectivity index (χ1n) is 11.9. The van der Waals surface area contributed by atoms with Crippen molar-refractivity contribution in [3.05, 3.63) is 107 Å². The molecule has 0 spiro atoms. The molecule has 3 aromatic rings. The van der Waals surface area contributed by atoms with E-state index in [1.807, 2.05) is 44.2 Å². The fourth-order valence-corrected chi connectivity index (χ4v) is 6.30. The molecule has 4 rings (SSSR count). The highest BCUT2D eigenvalue weighted by molar-refractivity contribution is 7.93. The maximum absolute atomic E-state index is 13.9. The van der Waals surface area contributed by atoms with Crippen molar-refractivity contribution in [1.82, 2.24) is 0 Å². The molecule has 0 saturated carbocycles. The average Bonchev–Trinajstić information content (AvgIpc) is 3.17. The number of carbonyl (C=O) groups excluding carboxylic acids is 2. The van der Waals surface area contributed by atoms with Crippen LogP contribution in [0.4, 0.5) is 5.69 Å². The number of hydrogen-bond acceptors (Lipinski definition) is 5. The first-order chi connectivity index (χ1) is 17.2. The fraction of sp³-hybridized carbons (Fsp3) is 0.241. The van der Waals surface area contributed by atoms with Gasteiger partial charge in [-0.25, -0.2) is 13.2 Å². The summed E-state index contributed by atoms with van der Waals surface area (Å²) in [7, 11) is -4.00. The van der Waals surface area contributed by atoms with Gasteiger partial charge in [-0.1, -0.05) is 66.2 Å². The van der Waals surface area contributed by atoms with Crippen molar-refractivity contribution >= 4 is 27.5 Å². The lowest BCUT2D eigenvalue weighted by atomic mass is 9.87. The number of para-hydroxylation sites is 1. The Morgan fingerprint density at radius 1 is 0.944 bits per heavy atom. The number of carbonyl (C=O) groups is 2. The lowest BCUT2D eigenvalue weighted by Crippen LogP contribution is -2.38. The molecule has 36 heavy (non-hydrogen) atoms. The molecule has 2 atom stereocenters. The Bertz CT molecular complexity index is 1410. The first-order valence-corrected chi connectivity index (χ1v) is 13.3. The second-order valence-electron chi connectivity index (χ2n) is 8.82. The molecule has 3 aromatic carbocycles. The van der Waals surface area contributed by atoms with Gasteiger partial charge in [0.25, 0.3) is 10.0 Å². The van der Waals surface area contributed by atoms with Crippen LogP contribution in [0.3, 0.4) is 0 Å². The van der Waals surface area contributed by atoms with Gasteiger partial charge in [0.15, 0.2) is 5.78 Å². The number of anilines is 1. The highest BCUT2D eigenvalue weighted by Crippen LogP contribution is 2.46. The minimum absolute atomic E-state index is 0.0830. The summed E-state index contributed by atoms with van der Waals surface area (Å²) in [6.07, 6.45) is 2.88. The summed E-state index contributed by atoms with van der Waals surface area (Å²) in [6.45, 7) is 5.67. The van der Waals surface area contributed by atoms with E-state index in [4.69, 9.17) is 4.74 Å². The number of nitrogens with zero attached hydrogens (tertiary/aromatic N) is 1. The van der Waals surface area contributed by atoms with Gasteiger partial charge in [-0.2, -0.15) is 0 Å². The number of sulfonamides is 1. The van der Waals surface area contributed by atoms with E-state index >= 15 is 0 Å². The molecule has 1 aliphatic rings. The fourth-order valence-electron chi connectivity index (χ4n) is 4.63. The zero-order valence-electron chi connectivity index (χ0n) is 20.5. The number of Topliss-reactive ketones (excluding diaryl/α,β-unsaturated/α-hetero) is 1. The Morgan fingerprint density at radius 3 is 2.31 bits per heavy atom. The van der Waals surface area contributed by atoms with Crippen LogP contribution in [0.1, 0.15) is 46.3 Å². The summed E-state index contributed by atoms with van der Waals surface area (Å²) in [5.41, 5.74) is 3.64. The molecule has 0 unspecified atom stereocenters. The lowest BCUT2D eigenvalue weighted by molar-refractivity contribution is -0.137. The molecule has 0 aromatic heterocycles. The number of ether oxygens (including phenoxy) is 1. The average molecular weight is 504 g/mol. The van der Waals surface area contributed by atoms with Gasteiger partial charge in [0, 0.05) is 24.0 Å². The van der Waals surface area contributed by atoms with Crippen molar-refractivity contribution in [3.63, 3.8) is 0 Å². The third-order valence-corrected chi connectivity index (χ3v) is 8.23. The van der Waals surface area contributed by atoms with E-state index in [1.165, 1.54) is 10.4 Å². The molecule has 6 nitrogen and oxygen atoms in total. The number of ketones is 1.